The van der Waals surface area contributed by atoms with Crippen LogP contribution in [-0.2, 0) is 20.7 Å². The van der Waals surface area contributed by atoms with Gasteiger partial charge in [-0.1, -0.05) is 0 Å². The van der Waals surface area contributed by atoms with E-state index in [4.69, 9.17) is 16.2 Å². The molecule has 40 heavy (non-hydrogen) atoms. The van der Waals surface area contributed by atoms with Gasteiger partial charge >= 0.3 is 65.2 Å². The smallest absolute Gasteiger partial charge is 0.550 e. The third-order valence-corrected chi connectivity index (χ3v) is 6.29. The molecule has 0 aromatic carbocycles. The number of nitrogens with two attached hydrogens (primary N) is 2. The third-order valence-electron chi connectivity index (χ3n) is 5.19. The quantitative estimate of drug-likeness (QED) is 0.162. The number of carboxylic acid groups (broad SMARTS) is 2. The van der Waals surface area contributed by atoms with E-state index in [2.05, 4.69) is 20.3 Å². The Hall–Kier alpha value is -2.40. The molecule has 2 amide bonds. The summed E-state index contributed by atoms with van der Waals surface area (Å²) in [5.41, 5.74) is 12.0. The van der Waals surface area contributed by atoms with Crippen molar-refractivity contribution >= 4 is 63.1 Å². The van der Waals surface area contributed by atoms with Gasteiger partial charge in [-0.2, -0.15) is 9.97 Å². The van der Waals surface area contributed by atoms with Gasteiger partial charge in [0.15, 0.2) is 0 Å². The first kappa shape index (κ1) is 35.6. The SMILES string of the molecule is CC(C)(C)OC(=O)N(CCc1c[nH]c2nc(N)nc(N)c12)c1ccc(C(=O)N[C@@H](CCC(=O)[O-])C(=O)[O-])s1.[Na+].[Na+]. The number of ether oxygens (including phenoxy) is 1. The second-order valence-electron chi connectivity index (χ2n) is 9.28. The predicted octanol–water partition coefficient (Wildman–Crippen LogP) is -6.45. The molecular weight excluding hydrogens is 564 g/mol. The largest absolute Gasteiger partial charge is 1.00 e. The molecule has 3 aromatic rings. The minimum Gasteiger partial charge on any atom is -0.550 e. The monoisotopic (exact) mass is 591 g/mol. The molecule has 3 rings (SSSR count). The fourth-order valence-electron chi connectivity index (χ4n) is 3.52. The summed E-state index contributed by atoms with van der Waals surface area (Å²) >= 11 is 0.925. The van der Waals surface area contributed by atoms with Crippen LogP contribution in [0.15, 0.2) is 18.3 Å². The molecular formula is C23H27N7Na2O7S. The molecule has 0 saturated heterocycles. The fourth-order valence-corrected chi connectivity index (χ4v) is 4.44. The van der Waals surface area contributed by atoms with Crippen LogP contribution in [0.2, 0.25) is 0 Å². The molecule has 3 aromatic heterocycles. The number of anilines is 3. The molecule has 6 N–H and O–H groups in total. The predicted molar refractivity (Wildman–Crippen MR) is 135 cm³/mol. The fraction of sp³-hybridized carbons (Fsp3) is 0.391. The first-order chi connectivity index (χ1) is 17.7. The Bertz CT molecular complexity index is 1370. The van der Waals surface area contributed by atoms with Crippen molar-refractivity contribution in [1.29, 1.82) is 0 Å². The van der Waals surface area contributed by atoms with Gasteiger partial charge in [0.2, 0.25) is 5.95 Å². The zero-order valence-electron chi connectivity index (χ0n) is 22.9. The van der Waals surface area contributed by atoms with E-state index in [1.165, 1.54) is 17.0 Å². The van der Waals surface area contributed by atoms with E-state index in [9.17, 15) is 29.4 Å². The average molecular weight is 592 g/mol. The van der Waals surface area contributed by atoms with E-state index in [-0.39, 0.29) is 82.3 Å². The molecule has 0 spiro atoms. The summed E-state index contributed by atoms with van der Waals surface area (Å²) in [7, 11) is 0. The van der Waals surface area contributed by atoms with Gasteiger partial charge in [0.25, 0.3) is 5.91 Å². The maximum atomic E-state index is 13.1. The summed E-state index contributed by atoms with van der Waals surface area (Å²) in [4.78, 5) is 60.2. The maximum Gasteiger partial charge on any atom is 1.00 e. The number of hydrogen-bond donors (Lipinski definition) is 4. The first-order valence-corrected chi connectivity index (χ1v) is 12.3. The van der Waals surface area contributed by atoms with E-state index in [0.717, 1.165) is 16.9 Å². The molecule has 0 aliphatic heterocycles. The number of fused-ring (bicyclic) bond motifs is 1. The number of thiophene rings is 1. The number of nitrogens with zero attached hydrogens (tertiary/aromatic N) is 3. The van der Waals surface area contributed by atoms with Gasteiger partial charge < -0.3 is 46.3 Å². The van der Waals surface area contributed by atoms with Crippen molar-refractivity contribution in [1.82, 2.24) is 20.3 Å². The number of amides is 2. The van der Waals surface area contributed by atoms with E-state index in [1.54, 1.807) is 27.0 Å². The number of rotatable bonds is 10. The van der Waals surface area contributed by atoms with Crippen molar-refractivity contribution in [3.63, 3.8) is 0 Å². The number of nitrogen functional groups attached to an aromatic ring is 2. The Morgan fingerprint density at radius 1 is 1.15 bits per heavy atom. The second kappa shape index (κ2) is 15.0. The van der Waals surface area contributed by atoms with E-state index in [0.29, 0.717) is 22.5 Å². The van der Waals surface area contributed by atoms with Crippen LogP contribution < -0.4 is 91.0 Å². The number of aliphatic carboxylic acids is 2. The Labute approximate surface area is 277 Å². The van der Waals surface area contributed by atoms with Crippen molar-refractivity contribution < 1.29 is 93.2 Å². The number of H-pyrrole nitrogens is 1. The van der Waals surface area contributed by atoms with E-state index < -0.39 is 48.4 Å². The van der Waals surface area contributed by atoms with Gasteiger partial charge in [0, 0.05) is 18.7 Å². The molecule has 204 valence electrons. The van der Waals surface area contributed by atoms with Crippen LogP contribution in [0, 0.1) is 0 Å². The number of nitrogens with one attached hydrogen (secondary N) is 2. The Morgan fingerprint density at radius 2 is 1.82 bits per heavy atom. The molecule has 0 bridgehead atoms. The van der Waals surface area contributed by atoms with E-state index in [1.807, 2.05) is 0 Å². The molecule has 17 heteroatoms. The van der Waals surface area contributed by atoms with Crippen LogP contribution >= 0.6 is 11.3 Å². The van der Waals surface area contributed by atoms with E-state index >= 15 is 0 Å². The number of aromatic amines is 1. The van der Waals surface area contributed by atoms with Crippen molar-refractivity contribution in [2.24, 2.45) is 0 Å². The summed E-state index contributed by atoms with van der Waals surface area (Å²) in [5, 5.41) is 25.1. The molecule has 0 aliphatic rings. The van der Waals surface area contributed by atoms with Crippen LogP contribution in [0.4, 0.5) is 21.6 Å². The van der Waals surface area contributed by atoms with Gasteiger partial charge in [0.05, 0.1) is 22.3 Å². The average Bonchev–Trinajstić information content (AvgIpc) is 3.43. The van der Waals surface area contributed by atoms with Gasteiger partial charge in [-0.15, -0.1) is 11.3 Å². The van der Waals surface area contributed by atoms with Crippen molar-refractivity contribution in [2.75, 3.05) is 22.9 Å². The molecule has 0 aliphatic carbocycles. The maximum absolute atomic E-state index is 13.1. The molecule has 0 fully saturated rings. The van der Waals surface area contributed by atoms with Gasteiger partial charge in [0.1, 0.15) is 22.1 Å². The summed E-state index contributed by atoms with van der Waals surface area (Å²) in [6, 6.07) is 1.40. The minimum atomic E-state index is -1.63. The van der Waals surface area contributed by atoms with Crippen LogP contribution in [0.5, 0.6) is 0 Å². The number of carboxylic acids is 2. The summed E-state index contributed by atoms with van der Waals surface area (Å²) in [6.07, 6.45) is 0.356. The summed E-state index contributed by atoms with van der Waals surface area (Å²) in [6.45, 7) is 5.27. The Morgan fingerprint density at radius 3 is 2.42 bits per heavy atom. The third kappa shape index (κ3) is 9.61. The van der Waals surface area contributed by atoms with Crippen molar-refractivity contribution in [3.8, 4) is 0 Å². The zero-order valence-corrected chi connectivity index (χ0v) is 27.7. The van der Waals surface area contributed by atoms with Crippen molar-refractivity contribution in [3.05, 3.63) is 28.8 Å². The van der Waals surface area contributed by atoms with Crippen LogP contribution in [0.25, 0.3) is 11.0 Å². The molecule has 0 radical (unpaired) electrons. The Kier molecular flexibility index (Phi) is 13.4. The molecule has 0 saturated carbocycles. The van der Waals surface area contributed by atoms with Crippen LogP contribution in [0.3, 0.4) is 0 Å². The first-order valence-electron chi connectivity index (χ1n) is 11.5. The number of carbonyl (C=O) groups is 4. The number of hydrogen-bond acceptors (Lipinski definition) is 12. The summed E-state index contributed by atoms with van der Waals surface area (Å²) in [5.74, 6) is -3.65. The summed E-state index contributed by atoms with van der Waals surface area (Å²) < 4.78 is 5.54. The van der Waals surface area contributed by atoms with Gasteiger partial charge in [-0.3, -0.25) is 9.69 Å². The van der Waals surface area contributed by atoms with Crippen molar-refractivity contribution in [2.45, 2.75) is 51.7 Å². The van der Waals surface area contributed by atoms with Gasteiger partial charge in [-0.05, 0) is 57.7 Å². The van der Waals surface area contributed by atoms with Crippen LogP contribution in [-0.4, -0.2) is 57.1 Å². The molecule has 0 unspecified atom stereocenters. The van der Waals surface area contributed by atoms with Crippen LogP contribution in [0.1, 0.15) is 48.8 Å². The zero-order chi connectivity index (χ0) is 28.2. The molecule has 14 nitrogen and oxygen atoms in total. The normalized spacial score (nSPS) is 11.6. The minimum absolute atomic E-state index is 0. The molecule has 3 heterocycles. The topological polar surface area (TPSA) is 233 Å². The number of carbonyl (C=O) groups excluding carboxylic acids is 4. The Balaban J connectivity index is 0.00000400. The molecule has 1 atom stereocenters. The van der Waals surface area contributed by atoms with Gasteiger partial charge in [-0.25, -0.2) is 4.79 Å². The number of aromatic nitrogens is 3. The standard InChI is InChI=1S/C23H29N7O7S.2Na/c1-23(2,3)37-22(36)30(9-8-11-10-26-18-16(11)17(24)28-21(25)29-18)14-6-5-13(38-14)19(33)27-12(20(34)35)4-7-15(31)32;;/h5-6,10,12H,4,7-9H2,1-3H3,(H,27,33)(H,31,32)(H,34,35)(H5,24,25,26,28,29);;/q;2*+1/p-2/t12-;;/m0../s1. The second-order valence-corrected chi connectivity index (χ2v) is 10.3.